The van der Waals surface area contributed by atoms with Crippen LogP contribution in [0.3, 0.4) is 0 Å². The highest BCUT2D eigenvalue weighted by atomic mass is 32.2. The summed E-state index contributed by atoms with van der Waals surface area (Å²) < 4.78 is 0.292. The van der Waals surface area contributed by atoms with Gasteiger partial charge in [0.2, 0.25) is 0 Å². The highest BCUT2D eigenvalue weighted by Crippen LogP contribution is 2.33. The van der Waals surface area contributed by atoms with Gasteiger partial charge in [-0.1, -0.05) is 55.9 Å². The van der Waals surface area contributed by atoms with Gasteiger partial charge in [-0.3, -0.25) is 14.5 Å². The van der Waals surface area contributed by atoms with E-state index in [4.69, 9.17) is 17.3 Å². The molecule has 1 aromatic rings. The Morgan fingerprint density at radius 1 is 1.30 bits per heavy atom. The summed E-state index contributed by atoms with van der Waals surface area (Å²) in [7, 11) is 0. The quantitative estimate of drug-likeness (QED) is 0.571. The van der Waals surface area contributed by atoms with E-state index in [0.29, 0.717) is 9.23 Å². The van der Waals surface area contributed by atoms with Crippen LogP contribution >= 0.6 is 24.0 Å². The molecule has 1 N–H and O–H groups in total. The van der Waals surface area contributed by atoms with Gasteiger partial charge in [0.15, 0.2) is 0 Å². The van der Waals surface area contributed by atoms with E-state index < -0.39 is 12.5 Å². The molecule has 2 fully saturated rings. The number of thiocarbonyl (C=S) groups is 1. The van der Waals surface area contributed by atoms with Crippen molar-refractivity contribution < 1.29 is 14.7 Å². The van der Waals surface area contributed by atoms with Gasteiger partial charge in [-0.2, -0.15) is 0 Å². The molecule has 2 saturated heterocycles. The number of carbonyl (C=O) groups is 2. The highest BCUT2D eigenvalue weighted by Gasteiger charge is 2.33. The number of thioether (sulfide) groups is 1. The molecule has 2 aliphatic heterocycles. The van der Waals surface area contributed by atoms with Crippen molar-refractivity contribution in [1.29, 1.82) is 0 Å². The maximum atomic E-state index is 12.3. The highest BCUT2D eigenvalue weighted by molar-refractivity contribution is 8.26. The second-order valence-corrected chi connectivity index (χ2v) is 8.65. The Morgan fingerprint density at radius 3 is 2.56 bits per heavy atom. The van der Waals surface area contributed by atoms with E-state index in [1.54, 1.807) is 6.08 Å². The van der Waals surface area contributed by atoms with Crippen LogP contribution in [0.1, 0.15) is 38.2 Å². The number of benzene rings is 1. The summed E-state index contributed by atoms with van der Waals surface area (Å²) in [6, 6.07) is 8.17. The number of carboxylic acids is 1. The molecule has 2 aliphatic rings. The SMILES string of the molecule is CCCC1CCN(c2ccc(C=C3SC(=S)N(CC(=O)O)C3=O)cc2)CC1. The van der Waals surface area contributed by atoms with Crippen molar-refractivity contribution >= 4 is 51.9 Å². The first-order valence-corrected chi connectivity index (χ1v) is 10.5. The zero-order valence-electron chi connectivity index (χ0n) is 15.4. The van der Waals surface area contributed by atoms with Crippen molar-refractivity contribution in [2.75, 3.05) is 24.5 Å². The minimum absolute atomic E-state index is 0.292. The van der Waals surface area contributed by atoms with Crippen molar-refractivity contribution in [3.63, 3.8) is 0 Å². The lowest BCUT2D eigenvalue weighted by Crippen LogP contribution is -2.33. The fourth-order valence-electron chi connectivity index (χ4n) is 3.59. The minimum atomic E-state index is -1.07. The van der Waals surface area contributed by atoms with Crippen LogP contribution in [0.2, 0.25) is 0 Å². The van der Waals surface area contributed by atoms with Crippen LogP contribution in [-0.4, -0.2) is 45.8 Å². The van der Waals surface area contributed by atoms with Crippen LogP contribution in [0.15, 0.2) is 29.2 Å². The van der Waals surface area contributed by atoms with E-state index in [-0.39, 0.29) is 5.91 Å². The van der Waals surface area contributed by atoms with E-state index >= 15 is 0 Å². The Bertz CT molecular complexity index is 753. The van der Waals surface area contributed by atoms with E-state index in [0.717, 1.165) is 41.2 Å². The largest absolute Gasteiger partial charge is 0.480 e. The number of amides is 1. The smallest absolute Gasteiger partial charge is 0.323 e. The first kappa shape index (κ1) is 19.9. The number of carbonyl (C=O) groups excluding carboxylic acids is 1. The number of nitrogens with zero attached hydrogens (tertiary/aromatic N) is 2. The van der Waals surface area contributed by atoms with Crippen LogP contribution in [0, 0.1) is 5.92 Å². The molecule has 3 rings (SSSR count). The van der Waals surface area contributed by atoms with Gasteiger partial charge in [-0.05, 0) is 42.5 Å². The van der Waals surface area contributed by atoms with E-state index in [1.165, 1.54) is 31.4 Å². The fraction of sp³-hybridized carbons (Fsp3) is 0.450. The number of aliphatic carboxylic acids is 1. The van der Waals surface area contributed by atoms with Gasteiger partial charge < -0.3 is 10.0 Å². The van der Waals surface area contributed by atoms with Crippen LogP contribution in [0.5, 0.6) is 0 Å². The number of rotatable bonds is 6. The first-order chi connectivity index (χ1) is 13.0. The third kappa shape index (κ3) is 4.90. The summed E-state index contributed by atoms with van der Waals surface area (Å²) in [6.07, 6.45) is 6.87. The topological polar surface area (TPSA) is 60.9 Å². The van der Waals surface area contributed by atoms with Gasteiger partial charge in [0, 0.05) is 18.8 Å². The predicted molar refractivity (Wildman–Crippen MR) is 114 cm³/mol. The molecular weight excluding hydrogens is 380 g/mol. The standard InChI is InChI=1S/C20H24N2O3S2/c1-2-3-14-8-10-21(11-9-14)16-6-4-15(5-7-16)12-17-19(25)22(13-18(23)24)20(26)27-17/h4-7,12,14H,2-3,8-11,13H2,1H3,(H,23,24). The third-order valence-electron chi connectivity index (χ3n) is 5.03. The van der Waals surface area contributed by atoms with Crippen molar-refractivity contribution in [2.45, 2.75) is 32.6 Å². The molecule has 0 aromatic heterocycles. The molecule has 1 amide bonds. The molecule has 0 unspecified atom stereocenters. The minimum Gasteiger partial charge on any atom is -0.480 e. The molecular formula is C20H24N2O3S2. The summed E-state index contributed by atoms with van der Waals surface area (Å²) in [5.74, 6) is -0.549. The van der Waals surface area contributed by atoms with Gasteiger partial charge in [0.1, 0.15) is 10.9 Å². The van der Waals surface area contributed by atoms with Crippen LogP contribution in [0.4, 0.5) is 5.69 Å². The van der Waals surface area contributed by atoms with E-state index in [2.05, 4.69) is 24.0 Å². The molecule has 1 aromatic carbocycles. The Kier molecular flexibility index (Phi) is 6.55. The maximum absolute atomic E-state index is 12.3. The summed E-state index contributed by atoms with van der Waals surface area (Å²) in [5, 5.41) is 8.90. The second kappa shape index (κ2) is 8.89. The normalized spacial score (nSPS) is 20.0. The van der Waals surface area contributed by atoms with E-state index in [9.17, 15) is 9.59 Å². The fourth-order valence-corrected chi connectivity index (χ4v) is 4.85. The third-order valence-corrected chi connectivity index (χ3v) is 6.41. The lowest BCUT2D eigenvalue weighted by Gasteiger charge is -2.33. The monoisotopic (exact) mass is 404 g/mol. The molecule has 0 spiro atoms. The molecule has 7 heteroatoms. The lowest BCUT2D eigenvalue weighted by molar-refractivity contribution is -0.140. The summed E-state index contributed by atoms with van der Waals surface area (Å²) in [5.41, 5.74) is 2.12. The number of piperidine rings is 1. The molecule has 0 saturated carbocycles. The Labute approximate surface area is 169 Å². The van der Waals surface area contributed by atoms with Crippen molar-refractivity contribution in [3.8, 4) is 0 Å². The Morgan fingerprint density at radius 2 is 1.96 bits per heavy atom. The number of carboxylic acid groups (broad SMARTS) is 1. The number of hydrogen-bond donors (Lipinski definition) is 1. The molecule has 27 heavy (non-hydrogen) atoms. The van der Waals surface area contributed by atoms with Crippen molar-refractivity contribution in [1.82, 2.24) is 4.90 Å². The molecule has 0 bridgehead atoms. The van der Waals surface area contributed by atoms with Crippen LogP contribution < -0.4 is 4.90 Å². The Balaban J connectivity index is 1.64. The number of hydrogen-bond acceptors (Lipinski definition) is 5. The average molecular weight is 405 g/mol. The van der Waals surface area contributed by atoms with Gasteiger partial charge in [0.25, 0.3) is 5.91 Å². The zero-order valence-corrected chi connectivity index (χ0v) is 17.0. The molecule has 144 valence electrons. The molecule has 0 atom stereocenters. The lowest BCUT2D eigenvalue weighted by atomic mass is 9.92. The van der Waals surface area contributed by atoms with Crippen molar-refractivity contribution in [2.24, 2.45) is 5.92 Å². The van der Waals surface area contributed by atoms with Gasteiger partial charge >= 0.3 is 5.97 Å². The molecule has 2 heterocycles. The van der Waals surface area contributed by atoms with E-state index in [1.807, 2.05) is 12.1 Å². The summed E-state index contributed by atoms with van der Waals surface area (Å²) >= 11 is 6.27. The van der Waals surface area contributed by atoms with Gasteiger partial charge in [-0.15, -0.1) is 0 Å². The van der Waals surface area contributed by atoms with Crippen molar-refractivity contribution in [3.05, 3.63) is 34.7 Å². The zero-order chi connectivity index (χ0) is 19.4. The predicted octanol–water partition coefficient (Wildman–Crippen LogP) is 3.99. The molecule has 0 radical (unpaired) electrons. The Hall–Kier alpha value is -1.86. The average Bonchev–Trinajstić information content (AvgIpc) is 2.90. The van der Waals surface area contributed by atoms with Gasteiger partial charge in [0.05, 0.1) is 4.91 Å². The maximum Gasteiger partial charge on any atom is 0.323 e. The van der Waals surface area contributed by atoms with Crippen LogP contribution in [0.25, 0.3) is 6.08 Å². The molecule has 0 aliphatic carbocycles. The van der Waals surface area contributed by atoms with Gasteiger partial charge in [-0.25, -0.2) is 0 Å². The summed E-state index contributed by atoms with van der Waals surface area (Å²) in [4.78, 5) is 27.2. The van der Waals surface area contributed by atoms with Crippen LogP contribution in [-0.2, 0) is 9.59 Å². The molecule has 5 nitrogen and oxygen atoms in total. The second-order valence-electron chi connectivity index (χ2n) is 6.97. The number of anilines is 1. The summed E-state index contributed by atoms with van der Waals surface area (Å²) in [6.45, 7) is 4.05. The first-order valence-electron chi connectivity index (χ1n) is 9.30.